The van der Waals surface area contributed by atoms with E-state index in [4.69, 9.17) is 0 Å². The second kappa shape index (κ2) is 7.98. The summed E-state index contributed by atoms with van der Waals surface area (Å²) >= 11 is 1.64. The van der Waals surface area contributed by atoms with E-state index in [2.05, 4.69) is 10.3 Å². The van der Waals surface area contributed by atoms with Gasteiger partial charge in [0, 0.05) is 42.9 Å². The normalized spacial score (nSPS) is 10.6. The lowest BCUT2D eigenvalue weighted by molar-refractivity contribution is 0.0950. The van der Waals surface area contributed by atoms with Crippen LogP contribution in [0.15, 0.2) is 66.1 Å². The molecule has 0 saturated carbocycles. The van der Waals surface area contributed by atoms with Crippen molar-refractivity contribution < 1.29 is 9.18 Å². The van der Waals surface area contributed by atoms with Crippen LogP contribution >= 0.6 is 11.8 Å². The maximum absolute atomic E-state index is 13.6. The number of thioether (sulfide) groups is 1. The summed E-state index contributed by atoms with van der Waals surface area (Å²) in [4.78, 5) is 16.4. The number of aromatic nitrogens is 2. The van der Waals surface area contributed by atoms with Crippen LogP contribution in [0.5, 0.6) is 0 Å². The van der Waals surface area contributed by atoms with E-state index in [1.807, 2.05) is 29.9 Å². The van der Waals surface area contributed by atoms with Crippen molar-refractivity contribution in [3.63, 3.8) is 0 Å². The minimum Gasteiger partial charge on any atom is -0.348 e. The Balaban J connectivity index is 1.55. The molecule has 0 atom stereocenters. The number of benzene rings is 2. The molecule has 0 radical (unpaired) electrons. The van der Waals surface area contributed by atoms with Crippen molar-refractivity contribution in [1.29, 1.82) is 0 Å². The van der Waals surface area contributed by atoms with Crippen LogP contribution < -0.4 is 5.32 Å². The lowest BCUT2D eigenvalue weighted by atomic mass is 10.1. The molecule has 0 aliphatic heterocycles. The number of imidazole rings is 1. The molecule has 6 heteroatoms. The van der Waals surface area contributed by atoms with Crippen molar-refractivity contribution in [2.45, 2.75) is 17.5 Å². The fourth-order valence-electron chi connectivity index (χ4n) is 2.31. The van der Waals surface area contributed by atoms with Crippen LogP contribution in [-0.2, 0) is 19.3 Å². The van der Waals surface area contributed by atoms with Crippen LogP contribution in [0.25, 0.3) is 0 Å². The molecule has 1 amide bonds. The van der Waals surface area contributed by atoms with Gasteiger partial charge in [-0.1, -0.05) is 42.1 Å². The highest BCUT2D eigenvalue weighted by Gasteiger charge is 2.08. The fourth-order valence-corrected chi connectivity index (χ4v) is 3.20. The van der Waals surface area contributed by atoms with Crippen molar-refractivity contribution in [1.82, 2.24) is 14.9 Å². The summed E-state index contributed by atoms with van der Waals surface area (Å²) < 4.78 is 15.5. The molecule has 0 fully saturated rings. The van der Waals surface area contributed by atoms with Crippen LogP contribution in [0.1, 0.15) is 21.5 Å². The van der Waals surface area contributed by atoms with Gasteiger partial charge in [-0.15, -0.1) is 0 Å². The first kappa shape index (κ1) is 17.2. The van der Waals surface area contributed by atoms with Gasteiger partial charge in [-0.05, 0) is 23.8 Å². The zero-order valence-corrected chi connectivity index (χ0v) is 14.6. The molecule has 0 spiro atoms. The van der Waals surface area contributed by atoms with Crippen molar-refractivity contribution in [3.05, 3.63) is 83.4 Å². The maximum Gasteiger partial charge on any atom is 0.251 e. The van der Waals surface area contributed by atoms with Crippen molar-refractivity contribution in [2.75, 3.05) is 0 Å². The maximum atomic E-state index is 13.6. The summed E-state index contributed by atoms with van der Waals surface area (Å²) in [5.41, 5.74) is 2.14. The average Bonchev–Trinajstić information content (AvgIpc) is 3.04. The summed E-state index contributed by atoms with van der Waals surface area (Å²) in [7, 11) is 1.96. The molecule has 3 rings (SSSR count). The highest BCUT2D eigenvalue weighted by Crippen LogP contribution is 2.20. The second-order valence-corrected chi connectivity index (χ2v) is 6.52. The van der Waals surface area contributed by atoms with Gasteiger partial charge in [0.2, 0.25) is 0 Å². The van der Waals surface area contributed by atoms with Gasteiger partial charge in [0.15, 0.2) is 5.16 Å². The summed E-state index contributed by atoms with van der Waals surface area (Å²) in [6, 6.07) is 13.8. The largest absolute Gasteiger partial charge is 0.348 e. The molecule has 0 aliphatic rings. The lowest BCUT2D eigenvalue weighted by Crippen LogP contribution is -2.23. The molecule has 0 aliphatic carbocycles. The van der Waals surface area contributed by atoms with Crippen LogP contribution in [0.3, 0.4) is 0 Å². The molecular formula is C19H18FN3OS. The molecule has 0 bridgehead atoms. The van der Waals surface area contributed by atoms with Gasteiger partial charge in [0.1, 0.15) is 5.82 Å². The number of amides is 1. The second-order valence-electron chi connectivity index (χ2n) is 5.58. The van der Waals surface area contributed by atoms with Crippen molar-refractivity contribution >= 4 is 17.7 Å². The number of hydrogen-bond donors (Lipinski definition) is 1. The third kappa shape index (κ3) is 4.48. The van der Waals surface area contributed by atoms with Gasteiger partial charge in [0.05, 0.1) is 0 Å². The Morgan fingerprint density at radius 3 is 2.64 bits per heavy atom. The van der Waals surface area contributed by atoms with E-state index in [1.165, 1.54) is 6.07 Å². The molecule has 1 heterocycles. The topological polar surface area (TPSA) is 46.9 Å². The van der Waals surface area contributed by atoms with E-state index in [0.717, 1.165) is 16.5 Å². The molecule has 25 heavy (non-hydrogen) atoms. The first-order valence-electron chi connectivity index (χ1n) is 7.84. The van der Waals surface area contributed by atoms with E-state index < -0.39 is 0 Å². The zero-order valence-electron chi connectivity index (χ0n) is 13.8. The van der Waals surface area contributed by atoms with Crippen LogP contribution in [0.2, 0.25) is 0 Å². The van der Waals surface area contributed by atoms with E-state index in [0.29, 0.717) is 11.1 Å². The Hall–Kier alpha value is -2.60. The quantitative estimate of drug-likeness (QED) is 0.685. The molecule has 1 aromatic heterocycles. The minimum absolute atomic E-state index is 0.169. The molecule has 4 nitrogen and oxygen atoms in total. The van der Waals surface area contributed by atoms with Crippen molar-refractivity contribution in [2.24, 2.45) is 7.05 Å². The third-order valence-electron chi connectivity index (χ3n) is 3.76. The Morgan fingerprint density at radius 2 is 1.96 bits per heavy atom. The first-order valence-corrected chi connectivity index (χ1v) is 8.83. The van der Waals surface area contributed by atoms with E-state index in [9.17, 15) is 9.18 Å². The predicted molar refractivity (Wildman–Crippen MR) is 96.8 cm³/mol. The van der Waals surface area contributed by atoms with Gasteiger partial charge in [-0.2, -0.15) is 0 Å². The van der Waals surface area contributed by atoms with Gasteiger partial charge < -0.3 is 9.88 Å². The number of nitrogens with one attached hydrogen (secondary N) is 1. The molecule has 3 aromatic rings. The molecule has 2 aromatic carbocycles. The lowest BCUT2D eigenvalue weighted by Gasteiger charge is -2.07. The average molecular weight is 355 g/mol. The summed E-state index contributed by atoms with van der Waals surface area (Å²) in [5.74, 6) is 0.248. The Morgan fingerprint density at radius 1 is 1.20 bits per heavy atom. The number of nitrogens with zero attached hydrogens (tertiary/aromatic N) is 2. The smallest absolute Gasteiger partial charge is 0.251 e. The van der Waals surface area contributed by atoms with Gasteiger partial charge in [0.25, 0.3) is 5.91 Å². The fraction of sp³-hybridized carbons (Fsp3) is 0.158. The van der Waals surface area contributed by atoms with E-state index >= 15 is 0 Å². The Kier molecular flexibility index (Phi) is 5.50. The molecule has 1 N–H and O–H groups in total. The van der Waals surface area contributed by atoms with E-state index in [-0.39, 0.29) is 18.3 Å². The van der Waals surface area contributed by atoms with Gasteiger partial charge in [-0.25, -0.2) is 9.37 Å². The summed E-state index contributed by atoms with van der Waals surface area (Å²) in [5, 5.41) is 3.69. The number of carbonyl (C=O) groups is 1. The monoisotopic (exact) mass is 355 g/mol. The van der Waals surface area contributed by atoms with Crippen LogP contribution in [0, 0.1) is 5.82 Å². The van der Waals surface area contributed by atoms with Crippen molar-refractivity contribution in [3.8, 4) is 0 Å². The number of rotatable bonds is 6. The predicted octanol–water partition coefficient (Wildman–Crippen LogP) is 3.78. The molecule has 0 unspecified atom stereocenters. The van der Waals surface area contributed by atoms with E-state index in [1.54, 1.807) is 48.3 Å². The zero-order chi connectivity index (χ0) is 17.6. The number of hydrogen-bond acceptors (Lipinski definition) is 3. The SMILES string of the molecule is Cn1ccnc1SCc1ccc(C(=O)NCc2ccccc2F)cc1. The molecule has 128 valence electrons. The standard InChI is InChI=1S/C19H18FN3OS/c1-23-11-10-21-19(23)25-13-14-6-8-15(9-7-14)18(24)22-12-16-4-2-3-5-17(16)20/h2-11H,12-13H2,1H3,(H,22,24). The van der Waals surface area contributed by atoms with Crippen LogP contribution in [0.4, 0.5) is 4.39 Å². The Labute approximate surface area is 150 Å². The van der Waals surface area contributed by atoms with Gasteiger partial charge in [-0.3, -0.25) is 4.79 Å². The Bertz CT molecular complexity index is 861. The minimum atomic E-state index is -0.315. The number of aryl methyl sites for hydroxylation is 1. The van der Waals surface area contributed by atoms with Crippen LogP contribution in [-0.4, -0.2) is 15.5 Å². The highest BCUT2D eigenvalue weighted by atomic mass is 32.2. The number of carbonyl (C=O) groups excluding carboxylic acids is 1. The summed E-state index contributed by atoms with van der Waals surface area (Å²) in [6.45, 7) is 0.169. The molecule has 0 saturated heterocycles. The molecular weight excluding hydrogens is 337 g/mol. The highest BCUT2D eigenvalue weighted by molar-refractivity contribution is 7.98. The third-order valence-corrected chi connectivity index (χ3v) is 4.89. The van der Waals surface area contributed by atoms with Gasteiger partial charge >= 0.3 is 0 Å². The number of halogens is 1. The first-order chi connectivity index (χ1) is 12.1. The summed E-state index contributed by atoms with van der Waals surface area (Å²) in [6.07, 6.45) is 3.68.